The summed E-state index contributed by atoms with van der Waals surface area (Å²) in [7, 11) is 4.87. The molecule has 1 fully saturated rings. The predicted molar refractivity (Wildman–Crippen MR) is 109 cm³/mol. The average Bonchev–Trinajstić information content (AvgIpc) is 2.66. The summed E-state index contributed by atoms with van der Waals surface area (Å²) in [5, 5.41) is 6.44. The van der Waals surface area contributed by atoms with E-state index in [1.54, 1.807) is 33.5 Å². The molecule has 1 heterocycles. The highest BCUT2D eigenvalue weighted by atomic mass is 35.5. The molecule has 0 bridgehead atoms. The Morgan fingerprint density at radius 2 is 1.96 bits per heavy atom. The van der Waals surface area contributed by atoms with E-state index in [4.69, 9.17) is 14.2 Å². The number of benzene rings is 1. The number of carbonyl (C=O) groups is 1. The van der Waals surface area contributed by atoms with Gasteiger partial charge >= 0.3 is 0 Å². The molecule has 1 aromatic rings. The SMILES string of the molecule is C=CCc1cc(C(=O)NCC2(COC)CCNCC2)cc(OC)c1OC.Cl. The molecule has 6 nitrogen and oxygen atoms in total. The number of hydrogen-bond donors (Lipinski definition) is 2. The van der Waals surface area contributed by atoms with Gasteiger partial charge in [-0.1, -0.05) is 6.08 Å². The van der Waals surface area contributed by atoms with Crippen LogP contribution < -0.4 is 20.1 Å². The fourth-order valence-electron chi connectivity index (χ4n) is 3.49. The average molecular weight is 399 g/mol. The second-order valence-corrected chi connectivity index (χ2v) is 6.73. The normalized spacial score (nSPS) is 15.4. The van der Waals surface area contributed by atoms with Gasteiger partial charge in [-0.2, -0.15) is 0 Å². The number of carbonyl (C=O) groups excluding carboxylic acids is 1. The van der Waals surface area contributed by atoms with Crippen LogP contribution in [0.25, 0.3) is 0 Å². The molecule has 0 aliphatic carbocycles. The molecule has 1 amide bonds. The number of hydrogen-bond acceptors (Lipinski definition) is 5. The van der Waals surface area contributed by atoms with Gasteiger partial charge in [0.15, 0.2) is 11.5 Å². The molecule has 1 aromatic carbocycles. The number of halogens is 1. The summed E-state index contributed by atoms with van der Waals surface area (Å²) in [4.78, 5) is 12.8. The Bertz CT molecular complexity index is 625. The monoisotopic (exact) mass is 398 g/mol. The van der Waals surface area contributed by atoms with Crippen molar-refractivity contribution in [1.82, 2.24) is 10.6 Å². The van der Waals surface area contributed by atoms with Crippen LogP contribution in [0.3, 0.4) is 0 Å². The van der Waals surface area contributed by atoms with Crippen molar-refractivity contribution in [2.24, 2.45) is 5.41 Å². The zero-order valence-electron chi connectivity index (χ0n) is 16.4. The molecule has 7 heteroatoms. The highest BCUT2D eigenvalue weighted by Gasteiger charge is 2.32. The van der Waals surface area contributed by atoms with E-state index in [0.717, 1.165) is 31.5 Å². The Morgan fingerprint density at radius 3 is 2.52 bits per heavy atom. The van der Waals surface area contributed by atoms with Gasteiger partial charge < -0.3 is 24.8 Å². The molecule has 0 aromatic heterocycles. The van der Waals surface area contributed by atoms with Crippen molar-refractivity contribution in [3.8, 4) is 11.5 Å². The Labute approximate surface area is 168 Å². The molecule has 1 saturated heterocycles. The first-order chi connectivity index (χ1) is 12.6. The molecule has 2 N–H and O–H groups in total. The van der Waals surface area contributed by atoms with Gasteiger partial charge in [-0.15, -0.1) is 19.0 Å². The number of nitrogens with one attached hydrogen (secondary N) is 2. The van der Waals surface area contributed by atoms with Crippen molar-refractivity contribution in [1.29, 1.82) is 0 Å². The first-order valence-electron chi connectivity index (χ1n) is 8.93. The van der Waals surface area contributed by atoms with Crippen molar-refractivity contribution in [2.45, 2.75) is 19.3 Å². The molecular weight excluding hydrogens is 368 g/mol. The first-order valence-corrected chi connectivity index (χ1v) is 8.93. The summed E-state index contributed by atoms with van der Waals surface area (Å²) in [5.74, 6) is 1.06. The lowest BCUT2D eigenvalue weighted by Crippen LogP contribution is -2.47. The minimum absolute atomic E-state index is 0. The molecule has 0 unspecified atom stereocenters. The van der Waals surface area contributed by atoms with Gasteiger partial charge in [0.2, 0.25) is 0 Å². The highest BCUT2D eigenvalue weighted by Crippen LogP contribution is 2.33. The molecule has 152 valence electrons. The standard InChI is InChI=1S/C20H30N2O4.ClH/c1-5-6-15-11-16(12-17(25-3)18(15)26-4)19(23)22-13-20(14-24-2)7-9-21-10-8-20;/h5,11-12,21H,1,6-10,13-14H2,2-4H3,(H,22,23);1H. The zero-order valence-corrected chi connectivity index (χ0v) is 17.2. The second-order valence-electron chi connectivity index (χ2n) is 6.73. The smallest absolute Gasteiger partial charge is 0.251 e. The maximum atomic E-state index is 12.8. The third-order valence-corrected chi connectivity index (χ3v) is 4.92. The van der Waals surface area contributed by atoms with Crippen molar-refractivity contribution in [2.75, 3.05) is 47.6 Å². The Kier molecular flexibility index (Phi) is 9.63. The quantitative estimate of drug-likeness (QED) is 0.626. The zero-order chi connectivity index (χ0) is 19.0. The van der Waals surface area contributed by atoms with Crippen LogP contribution in [0.2, 0.25) is 0 Å². The number of methoxy groups -OCH3 is 3. The van der Waals surface area contributed by atoms with Gasteiger partial charge in [-0.05, 0) is 44.5 Å². The lowest BCUT2D eigenvalue weighted by Gasteiger charge is -2.37. The summed E-state index contributed by atoms with van der Waals surface area (Å²) in [6.45, 7) is 6.89. The maximum absolute atomic E-state index is 12.8. The van der Waals surface area contributed by atoms with E-state index >= 15 is 0 Å². The van der Waals surface area contributed by atoms with E-state index in [1.807, 2.05) is 6.07 Å². The van der Waals surface area contributed by atoms with Crippen LogP contribution >= 0.6 is 12.4 Å². The molecule has 2 rings (SSSR count). The number of piperidine rings is 1. The van der Waals surface area contributed by atoms with Crippen molar-refractivity contribution >= 4 is 18.3 Å². The summed E-state index contributed by atoms with van der Waals surface area (Å²) >= 11 is 0. The summed E-state index contributed by atoms with van der Waals surface area (Å²) in [6, 6.07) is 3.55. The van der Waals surface area contributed by atoms with Gasteiger partial charge in [-0.3, -0.25) is 4.79 Å². The topological polar surface area (TPSA) is 68.8 Å². The molecule has 0 saturated carbocycles. The minimum Gasteiger partial charge on any atom is -0.493 e. The van der Waals surface area contributed by atoms with Crippen LogP contribution in [0.4, 0.5) is 0 Å². The lowest BCUT2D eigenvalue weighted by atomic mass is 9.79. The van der Waals surface area contributed by atoms with Crippen LogP contribution in [0.5, 0.6) is 11.5 Å². The molecule has 0 spiro atoms. The van der Waals surface area contributed by atoms with Gasteiger partial charge in [0, 0.05) is 30.2 Å². The largest absolute Gasteiger partial charge is 0.493 e. The number of rotatable bonds is 9. The Morgan fingerprint density at radius 1 is 1.26 bits per heavy atom. The number of allylic oxidation sites excluding steroid dienone is 1. The van der Waals surface area contributed by atoms with Crippen LogP contribution in [0.15, 0.2) is 24.8 Å². The lowest BCUT2D eigenvalue weighted by molar-refractivity contribution is 0.0511. The van der Waals surface area contributed by atoms with E-state index in [9.17, 15) is 4.79 Å². The van der Waals surface area contributed by atoms with E-state index in [-0.39, 0.29) is 23.7 Å². The van der Waals surface area contributed by atoms with Crippen LogP contribution in [-0.2, 0) is 11.2 Å². The van der Waals surface area contributed by atoms with E-state index in [0.29, 0.717) is 36.6 Å². The summed E-state index contributed by atoms with van der Waals surface area (Å²) < 4.78 is 16.2. The van der Waals surface area contributed by atoms with Crippen LogP contribution in [-0.4, -0.2) is 53.5 Å². The number of ether oxygens (including phenoxy) is 3. The van der Waals surface area contributed by atoms with Gasteiger partial charge in [0.05, 0.1) is 20.8 Å². The van der Waals surface area contributed by atoms with Gasteiger partial charge in [0.1, 0.15) is 0 Å². The summed E-state index contributed by atoms with van der Waals surface area (Å²) in [5.41, 5.74) is 1.41. The first kappa shape index (κ1) is 23.3. The Balaban J connectivity index is 0.00000364. The fourth-order valence-corrected chi connectivity index (χ4v) is 3.49. The third-order valence-electron chi connectivity index (χ3n) is 4.92. The van der Waals surface area contributed by atoms with E-state index in [1.165, 1.54) is 0 Å². The van der Waals surface area contributed by atoms with E-state index in [2.05, 4.69) is 17.2 Å². The summed E-state index contributed by atoms with van der Waals surface area (Å²) in [6.07, 6.45) is 4.34. The number of amides is 1. The molecule has 1 aliphatic heterocycles. The van der Waals surface area contributed by atoms with E-state index < -0.39 is 0 Å². The predicted octanol–water partition coefficient (Wildman–Crippen LogP) is 2.60. The van der Waals surface area contributed by atoms with Crippen molar-refractivity contribution in [3.63, 3.8) is 0 Å². The van der Waals surface area contributed by atoms with Crippen molar-refractivity contribution < 1.29 is 19.0 Å². The fraction of sp³-hybridized carbons (Fsp3) is 0.550. The van der Waals surface area contributed by atoms with Crippen LogP contribution in [0.1, 0.15) is 28.8 Å². The van der Waals surface area contributed by atoms with Crippen LogP contribution in [0, 0.1) is 5.41 Å². The maximum Gasteiger partial charge on any atom is 0.251 e. The molecule has 0 radical (unpaired) electrons. The van der Waals surface area contributed by atoms with Crippen molar-refractivity contribution in [3.05, 3.63) is 35.9 Å². The van der Waals surface area contributed by atoms with Gasteiger partial charge in [0.25, 0.3) is 5.91 Å². The second kappa shape index (κ2) is 11.2. The molecule has 1 aliphatic rings. The van der Waals surface area contributed by atoms with Gasteiger partial charge in [-0.25, -0.2) is 0 Å². The Hall–Kier alpha value is -1.76. The molecule has 0 atom stereocenters. The highest BCUT2D eigenvalue weighted by molar-refractivity contribution is 5.95. The molecule has 27 heavy (non-hydrogen) atoms. The molecular formula is C20H31ClN2O4. The minimum atomic E-state index is -0.120. The third kappa shape index (κ3) is 5.86.